The minimum absolute atomic E-state index is 0.116. The van der Waals surface area contributed by atoms with Crippen molar-refractivity contribution in [1.29, 1.82) is 0 Å². The van der Waals surface area contributed by atoms with Crippen LogP contribution in [-0.2, 0) is 4.79 Å². The first kappa shape index (κ1) is 5.45. The molecule has 1 nitrogen and oxygen atoms in total. The van der Waals surface area contributed by atoms with Gasteiger partial charge in [0.2, 0.25) is 0 Å². The van der Waals surface area contributed by atoms with Gasteiger partial charge in [0.05, 0.1) is 0 Å². The Bertz CT molecular complexity index is 173. The van der Waals surface area contributed by atoms with E-state index in [9.17, 15) is 4.79 Å². The quantitative estimate of drug-likeness (QED) is 0.479. The molecule has 0 amide bonds. The zero-order valence-electron chi connectivity index (χ0n) is 5.98. The van der Waals surface area contributed by atoms with E-state index in [0.29, 0.717) is 11.7 Å². The van der Waals surface area contributed by atoms with Crippen molar-refractivity contribution in [2.24, 2.45) is 17.3 Å². The Morgan fingerprint density at radius 3 is 2.44 bits per heavy atom. The lowest BCUT2D eigenvalue weighted by atomic mass is 9.62. The molecular weight excluding hydrogens is 112 g/mol. The highest BCUT2D eigenvalue weighted by Gasteiger charge is 2.59. The summed E-state index contributed by atoms with van der Waals surface area (Å²) in [5.41, 5.74) is 0.116. The third-order valence-corrected chi connectivity index (χ3v) is 3.48. The third kappa shape index (κ3) is 0.405. The predicted molar refractivity (Wildman–Crippen MR) is 35.0 cm³/mol. The van der Waals surface area contributed by atoms with Crippen LogP contribution in [0.3, 0.4) is 0 Å². The molecule has 0 radical (unpaired) electrons. The van der Waals surface area contributed by atoms with Gasteiger partial charge < -0.3 is 0 Å². The molecule has 0 heterocycles. The highest BCUT2D eigenvalue weighted by molar-refractivity contribution is 5.90. The Labute approximate surface area is 55.4 Å². The summed E-state index contributed by atoms with van der Waals surface area (Å²) in [6.07, 6.45) is 2.05. The molecule has 3 aliphatic carbocycles. The fourth-order valence-electron chi connectivity index (χ4n) is 2.36. The standard InChI is InChI=1S/C8H12O/c1-5-6-3-7(9)8(5,2)4-6/h5-6H,3-4H2,1-2H3. The molecule has 0 aromatic rings. The molecular formula is C8H12O. The van der Waals surface area contributed by atoms with E-state index >= 15 is 0 Å². The van der Waals surface area contributed by atoms with Crippen LogP contribution in [0.4, 0.5) is 0 Å². The summed E-state index contributed by atoms with van der Waals surface area (Å²) < 4.78 is 0. The second-order valence-corrected chi connectivity index (χ2v) is 3.80. The SMILES string of the molecule is CC1C2CC(=O)C1(C)C2. The Balaban J connectivity index is 2.35. The molecule has 3 fully saturated rings. The summed E-state index contributed by atoms with van der Waals surface area (Å²) in [6.45, 7) is 4.32. The maximum Gasteiger partial charge on any atom is 0.139 e. The molecule has 3 rings (SSSR count). The van der Waals surface area contributed by atoms with Crippen molar-refractivity contribution in [2.75, 3.05) is 0 Å². The molecule has 3 aliphatic rings. The molecule has 2 bridgehead atoms. The van der Waals surface area contributed by atoms with Gasteiger partial charge in [-0.05, 0) is 18.3 Å². The van der Waals surface area contributed by atoms with Gasteiger partial charge in [0.1, 0.15) is 5.78 Å². The normalized spacial score (nSPS) is 55.6. The van der Waals surface area contributed by atoms with Gasteiger partial charge in [-0.3, -0.25) is 4.79 Å². The van der Waals surface area contributed by atoms with Crippen LogP contribution in [0, 0.1) is 17.3 Å². The van der Waals surface area contributed by atoms with E-state index in [1.165, 1.54) is 6.42 Å². The van der Waals surface area contributed by atoms with Crippen molar-refractivity contribution < 1.29 is 4.79 Å². The first-order chi connectivity index (χ1) is 4.14. The van der Waals surface area contributed by atoms with Crippen molar-refractivity contribution in [3.8, 4) is 0 Å². The van der Waals surface area contributed by atoms with E-state index < -0.39 is 0 Å². The number of ketones is 1. The lowest BCUT2D eigenvalue weighted by molar-refractivity contribution is -0.127. The van der Waals surface area contributed by atoms with Crippen LogP contribution in [0.5, 0.6) is 0 Å². The Morgan fingerprint density at radius 1 is 1.67 bits per heavy atom. The van der Waals surface area contributed by atoms with E-state index in [2.05, 4.69) is 13.8 Å². The monoisotopic (exact) mass is 124 g/mol. The molecule has 0 aromatic carbocycles. The average Bonchev–Trinajstić information content (AvgIpc) is 2.19. The summed E-state index contributed by atoms with van der Waals surface area (Å²) >= 11 is 0. The Hall–Kier alpha value is -0.330. The van der Waals surface area contributed by atoms with Gasteiger partial charge in [-0.15, -0.1) is 0 Å². The highest BCUT2D eigenvalue weighted by Crippen LogP contribution is 2.60. The van der Waals surface area contributed by atoms with E-state index in [4.69, 9.17) is 0 Å². The second-order valence-electron chi connectivity index (χ2n) is 3.80. The molecule has 1 heteroatoms. The number of carbonyl (C=O) groups excluding carboxylic acids is 1. The number of Topliss-reactive ketones (excluding diaryl/α,β-unsaturated/α-hetero) is 1. The molecule has 3 saturated carbocycles. The van der Waals surface area contributed by atoms with Gasteiger partial charge in [-0.2, -0.15) is 0 Å². The lowest BCUT2D eigenvalue weighted by Crippen LogP contribution is -2.38. The maximum absolute atomic E-state index is 11.1. The minimum atomic E-state index is 0.116. The van der Waals surface area contributed by atoms with Gasteiger partial charge in [0, 0.05) is 11.8 Å². The summed E-state index contributed by atoms with van der Waals surface area (Å²) in [7, 11) is 0. The summed E-state index contributed by atoms with van der Waals surface area (Å²) in [5.74, 6) is 1.95. The van der Waals surface area contributed by atoms with Gasteiger partial charge in [-0.1, -0.05) is 13.8 Å². The van der Waals surface area contributed by atoms with E-state index in [-0.39, 0.29) is 5.41 Å². The summed E-state index contributed by atoms with van der Waals surface area (Å²) in [4.78, 5) is 11.1. The van der Waals surface area contributed by atoms with Crippen molar-refractivity contribution in [3.05, 3.63) is 0 Å². The van der Waals surface area contributed by atoms with E-state index in [1.807, 2.05) is 0 Å². The van der Waals surface area contributed by atoms with Crippen molar-refractivity contribution >= 4 is 5.78 Å². The van der Waals surface area contributed by atoms with Gasteiger partial charge in [-0.25, -0.2) is 0 Å². The van der Waals surface area contributed by atoms with Crippen LogP contribution in [0.1, 0.15) is 26.7 Å². The van der Waals surface area contributed by atoms with Crippen LogP contribution >= 0.6 is 0 Å². The largest absolute Gasteiger partial charge is 0.299 e. The first-order valence-corrected chi connectivity index (χ1v) is 3.68. The number of carbonyl (C=O) groups is 1. The van der Waals surface area contributed by atoms with E-state index in [1.54, 1.807) is 0 Å². The smallest absolute Gasteiger partial charge is 0.139 e. The van der Waals surface area contributed by atoms with Crippen molar-refractivity contribution in [2.45, 2.75) is 26.7 Å². The van der Waals surface area contributed by atoms with Crippen molar-refractivity contribution in [3.63, 3.8) is 0 Å². The minimum Gasteiger partial charge on any atom is -0.299 e. The topological polar surface area (TPSA) is 17.1 Å². The third-order valence-electron chi connectivity index (χ3n) is 3.48. The highest BCUT2D eigenvalue weighted by atomic mass is 16.1. The number of hydrogen-bond donors (Lipinski definition) is 0. The number of fused-ring (bicyclic) bond motifs is 1. The Kier molecular flexibility index (Phi) is 0.744. The van der Waals surface area contributed by atoms with Crippen LogP contribution in [0.25, 0.3) is 0 Å². The van der Waals surface area contributed by atoms with Crippen LogP contribution in [-0.4, -0.2) is 5.78 Å². The number of hydrogen-bond acceptors (Lipinski definition) is 1. The van der Waals surface area contributed by atoms with Crippen molar-refractivity contribution in [1.82, 2.24) is 0 Å². The summed E-state index contributed by atoms with van der Waals surface area (Å²) in [5, 5.41) is 0. The molecule has 3 unspecified atom stereocenters. The fourth-order valence-corrected chi connectivity index (χ4v) is 2.36. The van der Waals surface area contributed by atoms with Gasteiger partial charge in [0.25, 0.3) is 0 Å². The zero-order valence-corrected chi connectivity index (χ0v) is 5.98. The Morgan fingerprint density at radius 2 is 2.33 bits per heavy atom. The molecule has 50 valence electrons. The molecule has 0 N–H and O–H groups in total. The van der Waals surface area contributed by atoms with Gasteiger partial charge >= 0.3 is 0 Å². The number of rotatable bonds is 0. The molecule has 0 aliphatic heterocycles. The molecule has 9 heavy (non-hydrogen) atoms. The lowest BCUT2D eigenvalue weighted by Gasteiger charge is -2.40. The van der Waals surface area contributed by atoms with Crippen LogP contribution in [0.15, 0.2) is 0 Å². The average molecular weight is 124 g/mol. The zero-order chi connectivity index (χ0) is 6.65. The fraction of sp³-hybridized carbons (Fsp3) is 0.875. The molecule has 0 saturated heterocycles. The maximum atomic E-state index is 11.1. The molecule has 0 aromatic heterocycles. The second kappa shape index (κ2) is 1.23. The molecule has 3 atom stereocenters. The first-order valence-electron chi connectivity index (χ1n) is 3.68. The predicted octanol–water partition coefficient (Wildman–Crippen LogP) is 1.62. The van der Waals surface area contributed by atoms with Crippen LogP contribution in [0.2, 0.25) is 0 Å². The summed E-state index contributed by atoms with van der Waals surface area (Å²) in [6, 6.07) is 0. The van der Waals surface area contributed by atoms with Crippen LogP contribution < -0.4 is 0 Å². The van der Waals surface area contributed by atoms with E-state index in [0.717, 1.165) is 12.3 Å². The van der Waals surface area contributed by atoms with Gasteiger partial charge in [0.15, 0.2) is 0 Å². The molecule has 0 spiro atoms.